The molecule has 2 aromatic rings. The van der Waals surface area contributed by atoms with E-state index >= 15 is 0 Å². The van der Waals surface area contributed by atoms with Crippen molar-refractivity contribution in [3.05, 3.63) is 40.3 Å². The first kappa shape index (κ1) is 13.9. The van der Waals surface area contributed by atoms with Crippen molar-refractivity contribution in [2.75, 3.05) is 36.8 Å². The number of aryl methyl sites for hydroxylation is 1. The van der Waals surface area contributed by atoms with Gasteiger partial charge in [-0.2, -0.15) is 0 Å². The topological polar surface area (TPSA) is 62.5 Å². The van der Waals surface area contributed by atoms with Crippen molar-refractivity contribution < 1.29 is 4.79 Å². The van der Waals surface area contributed by atoms with Crippen LogP contribution in [-0.4, -0.2) is 42.0 Å². The smallest absolute Gasteiger partial charge is 0.265 e. The summed E-state index contributed by atoms with van der Waals surface area (Å²) in [7, 11) is 0. The number of carbonyl (C=O) groups is 1. The molecule has 21 heavy (non-hydrogen) atoms. The highest BCUT2D eigenvalue weighted by Gasteiger charge is 2.24. The fourth-order valence-corrected chi connectivity index (χ4v) is 3.27. The van der Waals surface area contributed by atoms with E-state index in [4.69, 9.17) is 5.73 Å². The van der Waals surface area contributed by atoms with Crippen LogP contribution in [-0.2, 0) is 0 Å². The van der Waals surface area contributed by atoms with E-state index in [0.717, 1.165) is 48.1 Å². The maximum atomic E-state index is 12.4. The first-order valence-corrected chi connectivity index (χ1v) is 7.83. The molecule has 1 aliphatic heterocycles. The van der Waals surface area contributed by atoms with Gasteiger partial charge in [-0.1, -0.05) is 0 Å². The molecule has 0 unspecified atom stereocenters. The Labute approximate surface area is 128 Å². The Balaban J connectivity index is 1.64. The molecule has 1 saturated heterocycles. The van der Waals surface area contributed by atoms with E-state index in [-0.39, 0.29) is 5.91 Å². The fourth-order valence-electron chi connectivity index (χ4n) is 2.50. The third-order valence-corrected chi connectivity index (χ3v) is 4.68. The van der Waals surface area contributed by atoms with E-state index < -0.39 is 0 Å². The molecule has 1 fully saturated rings. The van der Waals surface area contributed by atoms with Crippen molar-refractivity contribution in [2.24, 2.45) is 0 Å². The molecule has 1 aliphatic rings. The largest absolute Gasteiger partial charge is 0.399 e. The second-order valence-corrected chi connectivity index (χ2v) is 5.99. The number of nitrogens with zero attached hydrogens (tertiary/aromatic N) is 3. The van der Waals surface area contributed by atoms with Crippen molar-refractivity contribution in [1.82, 2.24) is 9.88 Å². The number of hydrogen-bond donors (Lipinski definition) is 1. The number of carbonyl (C=O) groups excluding carboxylic acids is 1. The van der Waals surface area contributed by atoms with Gasteiger partial charge < -0.3 is 15.5 Å². The van der Waals surface area contributed by atoms with Crippen LogP contribution in [0.5, 0.6) is 0 Å². The summed E-state index contributed by atoms with van der Waals surface area (Å²) in [5.74, 6) is 0.104. The van der Waals surface area contributed by atoms with Crippen molar-refractivity contribution in [3.63, 3.8) is 0 Å². The zero-order valence-corrected chi connectivity index (χ0v) is 12.8. The molecule has 6 heteroatoms. The normalized spacial score (nSPS) is 15.3. The minimum Gasteiger partial charge on any atom is -0.399 e. The molecule has 0 aliphatic carbocycles. The van der Waals surface area contributed by atoms with Crippen molar-refractivity contribution in [1.29, 1.82) is 0 Å². The molecule has 0 bridgehead atoms. The monoisotopic (exact) mass is 302 g/mol. The predicted molar refractivity (Wildman–Crippen MR) is 85.8 cm³/mol. The van der Waals surface area contributed by atoms with E-state index in [2.05, 4.69) is 9.88 Å². The SMILES string of the molecule is Cc1ncsc1C(=O)N1CCN(c2ccc(N)cc2)CC1. The van der Waals surface area contributed by atoms with Gasteiger partial charge in [-0.15, -0.1) is 11.3 Å². The van der Waals surface area contributed by atoms with Crippen LogP contribution in [0.15, 0.2) is 29.8 Å². The molecule has 0 atom stereocenters. The van der Waals surface area contributed by atoms with Crippen LogP contribution in [0.4, 0.5) is 11.4 Å². The number of anilines is 2. The lowest BCUT2D eigenvalue weighted by Gasteiger charge is -2.36. The van der Waals surface area contributed by atoms with Gasteiger partial charge in [-0.3, -0.25) is 4.79 Å². The molecule has 0 radical (unpaired) electrons. The van der Waals surface area contributed by atoms with E-state index in [9.17, 15) is 4.79 Å². The molecule has 5 nitrogen and oxygen atoms in total. The highest BCUT2D eigenvalue weighted by Crippen LogP contribution is 2.20. The third-order valence-electron chi connectivity index (χ3n) is 3.76. The average Bonchev–Trinajstić information content (AvgIpc) is 2.94. The Bertz CT molecular complexity index is 629. The lowest BCUT2D eigenvalue weighted by molar-refractivity contribution is 0.0750. The number of hydrogen-bond acceptors (Lipinski definition) is 5. The van der Waals surface area contributed by atoms with Crippen LogP contribution in [0.25, 0.3) is 0 Å². The average molecular weight is 302 g/mol. The molecule has 1 aromatic carbocycles. The van der Waals surface area contributed by atoms with Gasteiger partial charge in [0.05, 0.1) is 11.2 Å². The first-order valence-electron chi connectivity index (χ1n) is 6.95. The number of piperazine rings is 1. The minimum absolute atomic E-state index is 0.104. The molecule has 0 spiro atoms. The van der Waals surface area contributed by atoms with Gasteiger partial charge >= 0.3 is 0 Å². The van der Waals surface area contributed by atoms with Crippen LogP contribution in [0, 0.1) is 6.92 Å². The maximum Gasteiger partial charge on any atom is 0.265 e. The Kier molecular flexibility index (Phi) is 3.79. The Morgan fingerprint density at radius 3 is 2.43 bits per heavy atom. The number of benzene rings is 1. The number of aromatic nitrogens is 1. The second kappa shape index (κ2) is 5.73. The highest BCUT2D eigenvalue weighted by molar-refractivity contribution is 7.11. The molecular weight excluding hydrogens is 284 g/mol. The summed E-state index contributed by atoms with van der Waals surface area (Å²) in [5, 5.41) is 0. The molecule has 0 saturated carbocycles. The predicted octanol–water partition coefficient (Wildman–Crippen LogP) is 2.00. The molecule has 110 valence electrons. The van der Waals surface area contributed by atoms with Gasteiger partial charge in [0.1, 0.15) is 4.88 Å². The lowest BCUT2D eigenvalue weighted by Crippen LogP contribution is -2.48. The Morgan fingerprint density at radius 2 is 1.86 bits per heavy atom. The van der Waals surface area contributed by atoms with E-state index in [1.54, 1.807) is 5.51 Å². The molecule has 3 rings (SSSR count). The summed E-state index contributed by atoms with van der Waals surface area (Å²) in [6, 6.07) is 7.88. The summed E-state index contributed by atoms with van der Waals surface area (Å²) in [4.78, 5) is 21.5. The molecule has 1 amide bonds. The van der Waals surface area contributed by atoms with Crippen LogP contribution < -0.4 is 10.6 Å². The zero-order valence-electron chi connectivity index (χ0n) is 12.0. The Hall–Kier alpha value is -2.08. The number of thiazole rings is 1. The van der Waals surface area contributed by atoms with Crippen molar-refractivity contribution in [2.45, 2.75) is 6.92 Å². The van der Waals surface area contributed by atoms with Gasteiger partial charge in [0, 0.05) is 37.6 Å². The molecule has 2 N–H and O–H groups in total. The van der Waals surface area contributed by atoms with Gasteiger partial charge in [0.15, 0.2) is 0 Å². The Morgan fingerprint density at radius 1 is 1.19 bits per heavy atom. The molecule has 1 aromatic heterocycles. The van der Waals surface area contributed by atoms with Gasteiger partial charge in [0.25, 0.3) is 5.91 Å². The summed E-state index contributed by atoms with van der Waals surface area (Å²) >= 11 is 1.42. The van der Waals surface area contributed by atoms with Crippen LogP contribution in [0.3, 0.4) is 0 Å². The standard InChI is InChI=1S/C15H18N4OS/c1-11-14(21-10-17-11)15(20)19-8-6-18(7-9-19)13-4-2-12(16)3-5-13/h2-5,10H,6-9,16H2,1H3. The van der Waals surface area contributed by atoms with Crippen molar-refractivity contribution in [3.8, 4) is 0 Å². The van der Waals surface area contributed by atoms with Crippen LogP contribution in [0.1, 0.15) is 15.4 Å². The second-order valence-electron chi connectivity index (χ2n) is 5.14. The summed E-state index contributed by atoms with van der Waals surface area (Å²) < 4.78 is 0. The number of nitrogen functional groups attached to an aromatic ring is 1. The summed E-state index contributed by atoms with van der Waals surface area (Å²) in [6.07, 6.45) is 0. The van der Waals surface area contributed by atoms with Crippen molar-refractivity contribution >= 4 is 28.6 Å². The zero-order chi connectivity index (χ0) is 14.8. The lowest BCUT2D eigenvalue weighted by atomic mass is 10.2. The third kappa shape index (κ3) is 2.85. The summed E-state index contributed by atoms with van der Waals surface area (Å²) in [6.45, 7) is 5.04. The quantitative estimate of drug-likeness (QED) is 0.862. The highest BCUT2D eigenvalue weighted by atomic mass is 32.1. The molecule has 2 heterocycles. The number of amides is 1. The minimum atomic E-state index is 0.104. The van der Waals surface area contributed by atoms with E-state index in [0.29, 0.717) is 0 Å². The molecular formula is C15H18N4OS. The van der Waals surface area contributed by atoms with Gasteiger partial charge in [-0.05, 0) is 31.2 Å². The maximum absolute atomic E-state index is 12.4. The van der Waals surface area contributed by atoms with E-state index in [1.165, 1.54) is 11.3 Å². The first-order chi connectivity index (χ1) is 10.1. The fraction of sp³-hybridized carbons (Fsp3) is 0.333. The van der Waals surface area contributed by atoms with Gasteiger partial charge in [-0.25, -0.2) is 4.98 Å². The number of rotatable bonds is 2. The van der Waals surface area contributed by atoms with Gasteiger partial charge in [0.2, 0.25) is 0 Å². The summed E-state index contributed by atoms with van der Waals surface area (Å²) in [5.41, 5.74) is 10.2. The van der Waals surface area contributed by atoms with Crippen LogP contribution in [0.2, 0.25) is 0 Å². The number of nitrogens with two attached hydrogens (primary N) is 1. The van der Waals surface area contributed by atoms with E-state index in [1.807, 2.05) is 36.1 Å². The van der Waals surface area contributed by atoms with Crippen LogP contribution >= 0.6 is 11.3 Å².